The van der Waals surface area contributed by atoms with E-state index in [1.807, 2.05) is 69.2 Å². The van der Waals surface area contributed by atoms with Crippen LogP contribution in [0.15, 0.2) is 49.6 Å². The third-order valence-corrected chi connectivity index (χ3v) is 3.91. The Labute approximate surface area is 253 Å². The van der Waals surface area contributed by atoms with E-state index in [2.05, 4.69) is 98.2 Å². The van der Waals surface area contributed by atoms with Crippen LogP contribution in [0.4, 0.5) is 0 Å². The first-order valence-electron chi connectivity index (χ1n) is 15.2. The minimum Gasteiger partial charge on any atom is -0.376 e. The molecule has 40 heavy (non-hydrogen) atoms. The zero-order chi connectivity index (χ0) is 33.4. The second-order valence-electron chi connectivity index (χ2n) is 11.8. The number of allylic oxidation sites excluding steroid dienone is 6. The van der Waals surface area contributed by atoms with Gasteiger partial charge in [-0.3, -0.25) is 9.59 Å². The fraction of sp³-hybridized carbons (Fsp3) is 0.722. The van der Waals surface area contributed by atoms with E-state index in [4.69, 9.17) is 4.74 Å². The van der Waals surface area contributed by atoms with E-state index < -0.39 is 0 Å². The lowest BCUT2D eigenvalue weighted by Gasteiger charge is -2.10. The van der Waals surface area contributed by atoms with E-state index >= 15 is 0 Å². The Hall–Kier alpha value is -1.78. The molecule has 0 radical (unpaired) electrons. The minimum absolute atomic E-state index is 0.109. The van der Waals surface area contributed by atoms with E-state index in [0.717, 1.165) is 11.8 Å². The molecule has 0 aromatic carbocycles. The van der Waals surface area contributed by atoms with Crippen LogP contribution in [-0.2, 0) is 14.3 Å². The average Bonchev–Trinajstić information content (AvgIpc) is 2.77. The van der Waals surface area contributed by atoms with Gasteiger partial charge in [-0.25, -0.2) is 0 Å². The Bertz CT molecular complexity index is 542. The van der Waals surface area contributed by atoms with Crippen molar-refractivity contribution in [1.82, 2.24) is 5.32 Å². The van der Waals surface area contributed by atoms with Crippen molar-refractivity contribution in [1.29, 1.82) is 0 Å². The van der Waals surface area contributed by atoms with E-state index in [0.29, 0.717) is 24.3 Å². The SMILES string of the molecule is C=CC(=O)C(C)C.C=CC(=O)C(C)C.CC(C)NC(C)C.CC(C)OC(C)C.CC=CC(C)C.CC=CC(C)C. The molecule has 0 unspecified atom stereocenters. The van der Waals surface area contributed by atoms with Gasteiger partial charge in [-0.2, -0.15) is 0 Å². The normalized spacial score (nSPS) is 10.4. The highest BCUT2D eigenvalue weighted by molar-refractivity contribution is 5.90. The average molecular weight is 568 g/mol. The number of carbonyl (C=O) groups excluding carboxylic acids is 2. The summed E-state index contributed by atoms with van der Waals surface area (Å²) < 4.78 is 5.25. The van der Waals surface area contributed by atoms with Gasteiger partial charge < -0.3 is 10.1 Å². The van der Waals surface area contributed by atoms with Crippen LogP contribution in [0.1, 0.15) is 125 Å². The molecule has 0 bridgehead atoms. The number of ketones is 2. The standard InChI is InChI=1S/C6H15N.C6H14O.2C6H10O.2C6H12/c2*1-5(2)7-6(3)4;2*1-4-6(7)5(2)3;2*1-4-5-6(2)3/h5-7H,1-4H3;5-6H,1-4H3;2*4-5H,1H2,2-3H3;2*4-6H,1-3H3. The lowest BCUT2D eigenvalue weighted by molar-refractivity contribution is -0.118. The molecule has 0 aliphatic heterocycles. The molecule has 240 valence electrons. The number of rotatable bonds is 10. The van der Waals surface area contributed by atoms with Gasteiger partial charge in [0.2, 0.25) is 0 Å². The minimum atomic E-state index is 0.109. The second kappa shape index (κ2) is 37.2. The van der Waals surface area contributed by atoms with Crippen molar-refractivity contribution in [3.63, 3.8) is 0 Å². The predicted molar refractivity (Wildman–Crippen MR) is 184 cm³/mol. The Balaban J connectivity index is -0.0000000868. The zero-order valence-electron chi connectivity index (χ0n) is 30.2. The summed E-state index contributed by atoms with van der Waals surface area (Å²) in [6, 6.07) is 1.25. The number of hydrogen-bond acceptors (Lipinski definition) is 4. The second-order valence-corrected chi connectivity index (χ2v) is 11.8. The van der Waals surface area contributed by atoms with Gasteiger partial charge in [0, 0.05) is 23.9 Å². The Morgan fingerprint density at radius 2 is 0.800 bits per heavy atom. The molecule has 0 saturated carbocycles. The van der Waals surface area contributed by atoms with Crippen LogP contribution in [0.2, 0.25) is 0 Å². The van der Waals surface area contributed by atoms with Gasteiger partial charge in [0.1, 0.15) is 0 Å². The first-order chi connectivity index (χ1) is 18.2. The molecule has 0 atom stereocenters. The number of carbonyl (C=O) groups is 2. The summed E-state index contributed by atoms with van der Waals surface area (Å²) in [5.41, 5.74) is 0. The maximum Gasteiger partial charge on any atom is 0.157 e. The molecule has 0 amide bonds. The molecule has 0 saturated heterocycles. The molecule has 0 aliphatic rings. The lowest BCUT2D eigenvalue weighted by Crippen LogP contribution is -2.29. The molecule has 4 nitrogen and oxygen atoms in total. The summed E-state index contributed by atoms with van der Waals surface area (Å²) in [6.07, 6.45) is 11.9. The Kier molecular flexibility index (Phi) is 47.5. The highest BCUT2D eigenvalue weighted by Crippen LogP contribution is 1.94. The topological polar surface area (TPSA) is 55.4 Å². The summed E-state index contributed by atoms with van der Waals surface area (Å²) in [6.45, 7) is 43.6. The van der Waals surface area contributed by atoms with Crippen LogP contribution in [0, 0.1) is 23.7 Å². The van der Waals surface area contributed by atoms with Crippen LogP contribution in [0.25, 0.3) is 0 Å². The van der Waals surface area contributed by atoms with E-state index in [1.54, 1.807) is 0 Å². The summed E-state index contributed by atoms with van der Waals surface area (Å²) in [7, 11) is 0. The van der Waals surface area contributed by atoms with Crippen LogP contribution in [0.5, 0.6) is 0 Å². The first-order valence-corrected chi connectivity index (χ1v) is 15.2. The number of ether oxygens (including phenoxy) is 1. The van der Waals surface area contributed by atoms with Crippen molar-refractivity contribution in [2.45, 2.75) is 149 Å². The summed E-state index contributed by atoms with van der Waals surface area (Å²) >= 11 is 0. The highest BCUT2D eigenvalue weighted by atomic mass is 16.5. The molecule has 0 aromatic heterocycles. The van der Waals surface area contributed by atoms with Crippen molar-refractivity contribution in [3.05, 3.63) is 49.6 Å². The fourth-order valence-corrected chi connectivity index (χ4v) is 2.45. The van der Waals surface area contributed by atoms with Gasteiger partial charge in [-0.15, -0.1) is 0 Å². The van der Waals surface area contributed by atoms with Gasteiger partial charge >= 0.3 is 0 Å². The van der Waals surface area contributed by atoms with Crippen LogP contribution in [0.3, 0.4) is 0 Å². The summed E-state index contributed by atoms with van der Waals surface area (Å²) in [5, 5.41) is 3.31. The monoisotopic (exact) mass is 568 g/mol. The van der Waals surface area contributed by atoms with Crippen molar-refractivity contribution >= 4 is 11.6 Å². The molecule has 0 aliphatic carbocycles. The molecule has 0 aromatic rings. The first kappa shape index (κ1) is 51.0. The quantitative estimate of drug-likeness (QED) is 0.211. The molecule has 4 heteroatoms. The zero-order valence-corrected chi connectivity index (χ0v) is 30.2. The Morgan fingerprint density at radius 1 is 0.550 bits per heavy atom. The maximum absolute atomic E-state index is 10.4. The molecule has 0 heterocycles. The van der Waals surface area contributed by atoms with E-state index in [1.165, 1.54) is 12.2 Å². The summed E-state index contributed by atoms with van der Waals surface area (Å²) in [5.74, 6) is 1.88. The van der Waals surface area contributed by atoms with Crippen molar-refractivity contribution in [3.8, 4) is 0 Å². The van der Waals surface area contributed by atoms with E-state index in [9.17, 15) is 9.59 Å². The molecular weight excluding hydrogens is 494 g/mol. The smallest absolute Gasteiger partial charge is 0.157 e. The largest absolute Gasteiger partial charge is 0.376 e. The van der Waals surface area contributed by atoms with Gasteiger partial charge in [-0.05, 0) is 65.5 Å². The Morgan fingerprint density at radius 3 is 0.800 bits per heavy atom. The van der Waals surface area contributed by atoms with Gasteiger partial charge in [0.15, 0.2) is 11.6 Å². The summed E-state index contributed by atoms with van der Waals surface area (Å²) in [4.78, 5) is 20.8. The lowest BCUT2D eigenvalue weighted by atomic mass is 10.1. The number of nitrogens with one attached hydrogen (secondary N) is 1. The molecule has 1 N–H and O–H groups in total. The van der Waals surface area contributed by atoms with Crippen LogP contribution in [-0.4, -0.2) is 35.9 Å². The van der Waals surface area contributed by atoms with Crippen LogP contribution < -0.4 is 5.32 Å². The van der Waals surface area contributed by atoms with Crippen molar-refractivity contribution in [2.75, 3.05) is 0 Å². The van der Waals surface area contributed by atoms with Gasteiger partial charge in [-0.1, -0.05) is 121 Å². The van der Waals surface area contributed by atoms with Crippen molar-refractivity contribution in [2.24, 2.45) is 23.7 Å². The third kappa shape index (κ3) is 76.6. The third-order valence-electron chi connectivity index (χ3n) is 3.91. The maximum atomic E-state index is 10.4. The van der Waals surface area contributed by atoms with Gasteiger partial charge in [0.25, 0.3) is 0 Å². The predicted octanol–water partition coefficient (Wildman–Crippen LogP) is 10.4. The fourth-order valence-electron chi connectivity index (χ4n) is 2.45. The van der Waals surface area contributed by atoms with Crippen molar-refractivity contribution < 1.29 is 14.3 Å². The molecule has 0 rings (SSSR count). The van der Waals surface area contributed by atoms with Gasteiger partial charge in [0.05, 0.1) is 12.2 Å². The molecule has 0 fully saturated rings. The number of hydrogen-bond donors (Lipinski definition) is 1. The van der Waals surface area contributed by atoms with Crippen LogP contribution >= 0.6 is 0 Å². The highest BCUT2D eigenvalue weighted by Gasteiger charge is 1.99. The molecule has 0 spiro atoms. The van der Waals surface area contributed by atoms with E-state index in [-0.39, 0.29) is 23.4 Å². The molecular formula is C36H73NO3.